The van der Waals surface area contributed by atoms with Gasteiger partial charge < -0.3 is 5.73 Å². The average molecular weight is 200 g/mol. The van der Waals surface area contributed by atoms with E-state index in [4.69, 9.17) is 5.73 Å². The Hall–Kier alpha value is -0.940. The summed E-state index contributed by atoms with van der Waals surface area (Å²) in [6.45, 7) is 0. The minimum absolute atomic E-state index is 0.0655. The van der Waals surface area contributed by atoms with E-state index in [1.807, 2.05) is 0 Å². The minimum Gasteiger partial charge on any atom is -0.322 e. The van der Waals surface area contributed by atoms with E-state index < -0.39 is 15.9 Å². The standard InChI is InChI=1S/C8H12N2O2S/c1-13(11,12)6-7(9)8-4-2-3-5-10-8/h2-5,7H,6,9H2,1H3/t7-/m1/s1. The summed E-state index contributed by atoms with van der Waals surface area (Å²) in [7, 11) is -3.04. The van der Waals surface area contributed by atoms with Crippen molar-refractivity contribution in [3.8, 4) is 0 Å². The highest BCUT2D eigenvalue weighted by atomic mass is 32.2. The first kappa shape index (κ1) is 10.1. The molecule has 1 atom stereocenters. The number of pyridine rings is 1. The van der Waals surface area contributed by atoms with Crippen molar-refractivity contribution < 1.29 is 8.42 Å². The SMILES string of the molecule is CS(=O)(=O)C[C@@H](N)c1ccccn1. The molecule has 0 fully saturated rings. The van der Waals surface area contributed by atoms with Crippen LogP contribution in [0.1, 0.15) is 11.7 Å². The van der Waals surface area contributed by atoms with E-state index in [1.165, 1.54) is 0 Å². The summed E-state index contributed by atoms with van der Waals surface area (Å²) < 4.78 is 21.8. The Balaban J connectivity index is 2.76. The van der Waals surface area contributed by atoms with Gasteiger partial charge in [-0.05, 0) is 12.1 Å². The van der Waals surface area contributed by atoms with Gasteiger partial charge in [0.05, 0.1) is 17.5 Å². The normalized spacial score (nSPS) is 14.0. The van der Waals surface area contributed by atoms with E-state index in [1.54, 1.807) is 24.4 Å². The van der Waals surface area contributed by atoms with Gasteiger partial charge in [0.2, 0.25) is 0 Å². The summed E-state index contributed by atoms with van der Waals surface area (Å²) >= 11 is 0. The molecule has 13 heavy (non-hydrogen) atoms. The van der Waals surface area contributed by atoms with Crippen molar-refractivity contribution in [3.05, 3.63) is 30.1 Å². The summed E-state index contributed by atoms with van der Waals surface area (Å²) in [4.78, 5) is 3.97. The summed E-state index contributed by atoms with van der Waals surface area (Å²) in [6.07, 6.45) is 2.76. The van der Waals surface area contributed by atoms with Crippen molar-refractivity contribution in [2.75, 3.05) is 12.0 Å². The molecule has 0 aliphatic rings. The number of nitrogens with two attached hydrogens (primary N) is 1. The van der Waals surface area contributed by atoms with Crippen molar-refractivity contribution in [1.29, 1.82) is 0 Å². The lowest BCUT2D eigenvalue weighted by Crippen LogP contribution is -2.21. The van der Waals surface area contributed by atoms with Gasteiger partial charge in [0.25, 0.3) is 0 Å². The van der Waals surface area contributed by atoms with Crippen molar-refractivity contribution in [2.45, 2.75) is 6.04 Å². The number of aromatic nitrogens is 1. The van der Waals surface area contributed by atoms with E-state index in [-0.39, 0.29) is 5.75 Å². The molecule has 0 aromatic carbocycles. The molecule has 1 heterocycles. The molecule has 5 heteroatoms. The fourth-order valence-corrected chi connectivity index (χ4v) is 1.83. The van der Waals surface area contributed by atoms with Gasteiger partial charge in [-0.25, -0.2) is 8.42 Å². The van der Waals surface area contributed by atoms with Crippen LogP contribution in [0.2, 0.25) is 0 Å². The molecule has 0 aliphatic carbocycles. The maximum Gasteiger partial charge on any atom is 0.149 e. The van der Waals surface area contributed by atoms with Crippen molar-refractivity contribution in [2.24, 2.45) is 5.73 Å². The van der Waals surface area contributed by atoms with Crippen molar-refractivity contribution in [3.63, 3.8) is 0 Å². The van der Waals surface area contributed by atoms with Crippen LogP contribution in [-0.2, 0) is 9.84 Å². The van der Waals surface area contributed by atoms with Crippen LogP contribution in [0.3, 0.4) is 0 Å². The van der Waals surface area contributed by atoms with Gasteiger partial charge in [-0.2, -0.15) is 0 Å². The summed E-state index contributed by atoms with van der Waals surface area (Å²) in [5.41, 5.74) is 6.24. The molecule has 0 amide bonds. The Morgan fingerprint density at radius 1 is 1.54 bits per heavy atom. The molecular weight excluding hydrogens is 188 g/mol. The first-order valence-electron chi connectivity index (χ1n) is 3.83. The summed E-state index contributed by atoms with van der Waals surface area (Å²) in [5.74, 6) is -0.0655. The lowest BCUT2D eigenvalue weighted by Gasteiger charge is -2.08. The molecule has 1 aromatic heterocycles. The van der Waals surface area contributed by atoms with Crippen LogP contribution in [0.5, 0.6) is 0 Å². The lowest BCUT2D eigenvalue weighted by molar-refractivity contribution is 0.593. The molecule has 1 aromatic rings. The number of hydrogen-bond acceptors (Lipinski definition) is 4. The molecule has 4 nitrogen and oxygen atoms in total. The van der Waals surface area contributed by atoms with Crippen LogP contribution < -0.4 is 5.73 Å². The van der Waals surface area contributed by atoms with Gasteiger partial charge >= 0.3 is 0 Å². The van der Waals surface area contributed by atoms with Crippen LogP contribution in [-0.4, -0.2) is 25.4 Å². The van der Waals surface area contributed by atoms with Crippen LogP contribution in [0.25, 0.3) is 0 Å². The second kappa shape index (κ2) is 3.85. The predicted octanol–water partition coefficient (Wildman–Crippen LogP) is 0.126. The van der Waals surface area contributed by atoms with Gasteiger partial charge in [0.15, 0.2) is 0 Å². The smallest absolute Gasteiger partial charge is 0.149 e. The van der Waals surface area contributed by atoms with E-state index in [2.05, 4.69) is 4.98 Å². The van der Waals surface area contributed by atoms with Crippen molar-refractivity contribution in [1.82, 2.24) is 4.98 Å². The number of sulfone groups is 1. The summed E-state index contributed by atoms with van der Waals surface area (Å²) in [6, 6.07) is 4.73. The Morgan fingerprint density at radius 2 is 2.23 bits per heavy atom. The third-order valence-corrected chi connectivity index (χ3v) is 2.51. The zero-order valence-electron chi connectivity index (χ0n) is 7.34. The monoisotopic (exact) mass is 200 g/mol. The zero-order chi connectivity index (χ0) is 9.90. The highest BCUT2D eigenvalue weighted by Crippen LogP contribution is 2.07. The molecule has 0 saturated heterocycles. The van der Waals surface area contributed by atoms with Gasteiger partial charge in [0, 0.05) is 12.5 Å². The first-order chi connectivity index (χ1) is 5.99. The van der Waals surface area contributed by atoms with E-state index >= 15 is 0 Å². The topological polar surface area (TPSA) is 73.0 Å². The molecule has 0 unspecified atom stereocenters. The molecule has 2 N–H and O–H groups in total. The maximum absolute atomic E-state index is 10.9. The number of rotatable bonds is 3. The predicted molar refractivity (Wildman–Crippen MR) is 50.9 cm³/mol. The van der Waals surface area contributed by atoms with E-state index in [9.17, 15) is 8.42 Å². The molecular formula is C8H12N2O2S. The first-order valence-corrected chi connectivity index (χ1v) is 5.89. The Morgan fingerprint density at radius 3 is 2.69 bits per heavy atom. The van der Waals surface area contributed by atoms with Gasteiger partial charge in [-0.15, -0.1) is 0 Å². The second-order valence-electron chi connectivity index (χ2n) is 2.95. The lowest BCUT2D eigenvalue weighted by atomic mass is 10.2. The average Bonchev–Trinajstić information content (AvgIpc) is 2.03. The molecule has 0 radical (unpaired) electrons. The van der Waals surface area contributed by atoms with Gasteiger partial charge in [-0.3, -0.25) is 4.98 Å². The number of hydrogen-bond donors (Lipinski definition) is 1. The van der Waals surface area contributed by atoms with Gasteiger partial charge in [0.1, 0.15) is 9.84 Å². The number of nitrogens with zero attached hydrogens (tertiary/aromatic N) is 1. The molecule has 0 saturated carbocycles. The van der Waals surface area contributed by atoms with Crippen LogP contribution >= 0.6 is 0 Å². The molecule has 0 aliphatic heterocycles. The Kier molecular flexibility index (Phi) is 3.00. The minimum atomic E-state index is -3.04. The summed E-state index contributed by atoms with van der Waals surface area (Å²) in [5, 5.41) is 0. The molecule has 72 valence electrons. The van der Waals surface area contributed by atoms with Crippen molar-refractivity contribution >= 4 is 9.84 Å². The zero-order valence-corrected chi connectivity index (χ0v) is 8.16. The third kappa shape index (κ3) is 3.52. The van der Waals surface area contributed by atoms with Crippen LogP contribution in [0.4, 0.5) is 0 Å². The third-order valence-electron chi connectivity index (χ3n) is 1.55. The molecule has 0 bridgehead atoms. The Bertz CT molecular complexity index is 361. The van der Waals surface area contributed by atoms with Crippen LogP contribution in [0.15, 0.2) is 24.4 Å². The fraction of sp³-hybridized carbons (Fsp3) is 0.375. The quantitative estimate of drug-likeness (QED) is 0.752. The van der Waals surface area contributed by atoms with Gasteiger partial charge in [-0.1, -0.05) is 6.07 Å². The van der Waals surface area contributed by atoms with E-state index in [0.717, 1.165) is 6.26 Å². The highest BCUT2D eigenvalue weighted by Gasteiger charge is 2.13. The fourth-order valence-electron chi connectivity index (χ4n) is 1.01. The van der Waals surface area contributed by atoms with E-state index in [0.29, 0.717) is 5.69 Å². The Labute approximate surface area is 77.7 Å². The van der Waals surface area contributed by atoms with Crippen LogP contribution in [0, 0.1) is 0 Å². The second-order valence-corrected chi connectivity index (χ2v) is 5.14. The highest BCUT2D eigenvalue weighted by molar-refractivity contribution is 7.90. The molecule has 0 spiro atoms. The largest absolute Gasteiger partial charge is 0.322 e. The maximum atomic E-state index is 10.9. The molecule has 1 rings (SSSR count).